The molecule has 3 fully saturated rings. The highest BCUT2D eigenvalue weighted by Gasteiger charge is 2.55. The van der Waals surface area contributed by atoms with Crippen LogP contribution in [-0.2, 0) is 17.8 Å². The largest absolute Gasteiger partial charge is 0.309 e. The molecule has 0 N–H and O–H groups in total. The zero-order chi connectivity index (χ0) is 26.7. The van der Waals surface area contributed by atoms with E-state index < -0.39 is 0 Å². The molecule has 3 unspecified atom stereocenters. The minimum Gasteiger partial charge on any atom is -0.309 e. The molecule has 3 aromatic rings. The molecule has 204 valence electrons. The lowest BCUT2D eigenvalue weighted by molar-refractivity contribution is -0.126. The van der Waals surface area contributed by atoms with Crippen molar-refractivity contribution in [1.29, 1.82) is 0 Å². The van der Waals surface area contributed by atoms with Gasteiger partial charge >= 0.3 is 0 Å². The van der Waals surface area contributed by atoms with E-state index in [-0.39, 0.29) is 17.4 Å². The molecule has 1 saturated carbocycles. The van der Waals surface area contributed by atoms with E-state index in [0.717, 1.165) is 64.2 Å². The summed E-state index contributed by atoms with van der Waals surface area (Å²) in [4.78, 5) is 21.7. The van der Waals surface area contributed by atoms with E-state index in [9.17, 15) is 4.79 Å². The van der Waals surface area contributed by atoms with Crippen LogP contribution in [0.1, 0.15) is 43.7 Å². The number of fused-ring (bicyclic) bond motifs is 1. The topological polar surface area (TPSA) is 26.8 Å². The SMILES string of the molecule is CC(N(C(=O)C1CCC1)c1ccccc1)C12CN(CCc3ccccc3)CCC1CN(Cc1ccccc1)C2. The van der Waals surface area contributed by atoms with Crippen molar-refractivity contribution in [2.24, 2.45) is 17.3 Å². The fourth-order valence-electron chi connectivity index (χ4n) is 7.42. The van der Waals surface area contributed by atoms with E-state index in [0.29, 0.717) is 11.8 Å². The van der Waals surface area contributed by atoms with Gasteiger partial charge in [-0.15, -0.1) is 0 Å². The van der Waals surface area contributed by atoms with Crippen LogP contribution >= 0.6 is 0 Å². The molecule has 3 atom stereocenters. The highest BCUT2D eigenvalue weighted by Crippen LogP contribution is 2.48. The molecule has 0 aromatic heterocycles. The molecule has 1 aliphatic carbocycles. The number of hydrogen-bond donors (Lipinski definition) is 0. The first-order valence-corrected chi connectivity index (χ1v) is 15.0. The molecule has 0 spiro atoms. The molecular weight excluding hydrogens is 478 g/mol. The predicted octanol–water partition coefficient (Wildman–Crippen LogP) is 6.28. The zero-order valence-electron chi connectivity index (χ0n) is 23.4. The summed E-state index contributed by atoms with van der Waals surface area (Å²) >= 11 is 0. The summed E-state index contributed by atoms with van der Waals surface area (Å²) in [5, 5.41) is 0. The van der Waals surface area contributed by atoms with Crippen LogP contribution in [0, 0.1) is 17.3 Å². The Kier molecular flexibility index (Phi) is 7.85. The van der Waals surface area contributed by atoms with Gasteiger partial charge in [0.15, 0.2) is 0 Å². The highest BCUT2D eigenvalue weighted by atomic mass is 16.2. The third-order valence-corrected chi connectivity index (χ3v) is 9.88. The van der Waals surface area contributed by atoms with Crippen molar-refractivity contribution in [1.82, 2.24) is 9.80 Å². The Bertz CT molecular complexity index is 1210. The summed E-state index contributed by atoms with van der Waals surface area (Å²) in [5.41, 5.74) is 3.90. The molecule has 4 nitrogen and oxygen atoms in total. The average Bonchev–Trinajstić information content (AvgIpc) is 3.31. The van der Waals surface area contributed by atoms with E-state index >= 15 is 0 Å². The molecule has 3 aromatic carbocycles. The van der Waals surface area contributed by atoms with Gasteiger partial charge in [-0.05, 0) is 68.3 Å². The molecule has 0 bridgehead atoms. The Morgan fingerprint density at radius 3 is 2.10 bits per heavy atom. The second-order valence-electron chi connectivity index (χ2n) is 12.2. The van der Waals surface area contributed by atoms with Crippen LogP contribution < -0.4 is 4.90 Å². The predicted molar refractivity (Wildman–Crippen MR) is 160 cm³/mol. The van der Waals surface area contributed by atoms with Crippen LogP contribution in [0.4, 0.5) is 5.69 Å². The van der Waals surface area contributed by atoms with E-state index in [1.807, 2.05) is 0 Å². The number of amides is 1. The number of anilines is 1. The quantitative estimate of drug-likeness (QED) is 0.332. The maximum atomic E-state index is 14.1. The van der Waals surface area contributed by atoms with Gasteiger partial charge in [-0.2, -0.15) is 0 Å². The standard InChI is InChI=1S/C35H43N3O/c1-28(38(33-18-9-4-10-19-33)34(39)31-16-11-17-31)35-26-36(22-20-29-12-5-2-6-13-29)23-21-32(35)25-37(27-35)24-30-14-7-3-8-15-30/h2-10,12-15,18-19,28,31-32H,11,16-17,20-27H2,1H3. The Morgan fingerprint density at radius 2 is 1.46 bits per heavy atom. The second-order valence-corrected chi connectivity index (χ2v) is 12.2. The molecule has 0 radical (unpaired) electrons. The highest BCUT2D eigenvalue weighted by molar-refractivity contribution is 5.96. The summed E-state index contributed by atoms with van der Waals surface area (Å²) in [6.07, 6.45) is 5.53. The first kappa shape index (κ1) is 26.3. The van der Waals surface area contributed by atoms with Gasteiger partial charge in [0, 0.05) is 55.8 Å². The number of rotatable bonds is 9. The molecule has 4 heteroatoms. The maximum Gasteiger partial charge on any atom is 0.230 e. The van der Waals surface area contributed by atoms with Crippen LogP contribution in [0.2, 0.25) is 0 Å². The van der Waals surface area contributed by atoms with Gasteiger partial charge in [0.2, 0.25) is 5.91 Å². The van der Waals surface area contributed by atoms with Gasteiger partial charge in [-0.3, -0.25) is 9.69 Å². The van der Waals surface area contributed by atoms with Gasteiger partial charge in [-0.1, -0.05) is 85.3 Å². The third kappa shape index (κ3) is 5.55. The number of piperidine rings is 1. The Labute approximate surface area is 234 Å². The lowest BCUT2D eigenvalue weighted by Gasteiger charge is -2.51. The zero-order valence-corrected chi connectivity index (χ0v) is 23.4. The van der Waals surface area contributed by atoms with E-state index in [1.54, 1.807) is 0 Å². The van der Waals surface area contributed by atoms with E-state index in [2.05, 4.69) is 113 Å². The minimum atomic E-state index is 0.0406. The Hall–Kier alpha value is -2.95. The molecule has 6 rings (SSSR count). The van der Waals surface area contributed by atoms with Crippen molar-refractivity contribution >= 4 is 11.6 Å². The normalized spacial score (nSPS) is 24.6. The van der Waals surface area contributed by atoms with Crippen molar-refractivity contribution in [3.63, 3.8) is 0 Å². The van der Waals surface area contributed by atoms with Gasteiger partial charge < -0.3 is 9.80 Å². The number of carbonyl (C=O) groups excluding carboxylic acids is 1. The number of benzene rings is 3. The van der Waals surface area contributed by atoms with E-state index in [1.165, 1.54) is 24.0 Å². The lowest BCUT2D eigenvalue weighted by atomic mass is 9.67. The third-order valence-electron chi connectivity index (χ3n) is 9.88. The number of para-hydroxylation sites is 1. The van der Waals surface area contributed by atoms with Crippen LogP contribution in [0.15, 0.2) is 91.0 Å². The van der Waals surface area contributed by atoms with Gasteiger partial charge in [0.1, 0.15) is 0 Å². The second kappa shape index (κ2) is 11.7. The van der Waals surface area contributed by atoms with Crippen molar-refractivity contribution in [3.8, 4) is 0 Å². The molecule has 2 aliphatic heterocycles. The fraction of sp³-hybridized carbons (Fsp3) is 0.457. The minimum absolute atomic E-state index is 0.0406. The number of hydrogen-bond acceptors (Lipinski definition) is 3. The first-order valence-electron chi connectivity index (χ1n) is 15.0. The molecule has 1 amide bonds. The molecule has 2 heterocycles. The Morgan fingerprint density at radius 1 is 0.846 bits per heavy atom. The molecule has 2 saturated heterocycles. The summed E-state index contributed by atoms with van der Waals surface area (Å²) < 4.78 is 0. The fourth-order valence-corrected chi connectivity index (χ4v) is 7.42. The monoisotopic (exact) mass is 521 g/mol. The van der Waals surface area contributed by atoms with Crippen molar-refractivity contribution < 1.29 is 4.79 Å². The van der Waals surface area contributed by atoms with Crippen LogP contribution in [0.25, 0.3) is 0 Å². The number of carbonyl (C=O) groups is 1. The van der Waals surface area contributed by atoms with Crippen LogP contribution in [0.5, 0.6) is 0 Å². The van der Waals surface area contributed by atoms with Crippen LogP contribution in [0.3, 0.4) is 0 Å². The van der Waals surface area contributed by atoms with Crippen molar-refractivity contribution in [2.75, 3.05) is 37.6 Å². The smallest absolute Gasteiger partial charge is 0.230 e. The molecule has 39 heavy (non-hydrogen) atoms. The van der Waals surface area contributed by atoms with E-state index in [4.69, 9.17) is 0 Å². The number of nitrogens with zero attached hydrogens (tertiary/aromatic N) is 3. The summed E-state index contributed by atoms with van der Waals surface area (Å²) in [6.45, 7) is 8.78. The summed E-state index contributed by atoms with van der Waals surface area (Å²) in [6, 6.07) is 32.4. The summed E-state index contributed by atoms with van der Waals surface area (Å²) in [7, 11) is 0. The Balaban J connectivity index is 1.30. The lowest BCUT2D eigenvalue weighted by Crippen LogP contribution is -2.61. The average molecular weight is 522 g/mol. The van der Waals surface area contributed by atoms with Crippen LogP contribution in [-0.4, -0.2) is 54.5 Å². The van der Waals surface area contributed by atoms with Gasteiger partial charge in [0.25, 0.3) is 0 Å². The first-order chi connectivity index (χ1) is 19.1. The maximum absolute atomic E-state index is 14.1. The molecular formula is C35H43N3O. The van der Waals surface area contributed by atoms with Crippen molar-refractivity contribution in [2.45, 2.75) is 51.6 Å². The van der Waals surface area contributed by atoms with Crippen molar-refractivity contribution in [3.05, 3.63) is 102 Å². The van der Waals surface area contributed by atoms with Gasteiger partial charge in [-0.25, -0.2) is 0 Å². The number of likely N-dealkylation sites (tertiary alicyclic amines) is 2. The molecule has 3 aliphatic rings. The van der Waals surface area contributed by atoms with Gasteiger partial charge in [0.05, 0.1) is 0 Å². The summed E-state index contributed by atoms with van der Waals surface area (Å²) in [5.74, 6) is 1.11.